The molecule has 57 heavy (non-hydrogen) atoms. The molecule has 0 aliphatic carbocycles. The number of phosphoric ester groups is 1. The molecule has 0 aromatic carbocycles. The van der Waals surface area contributed by atoms with E-state index in [1.54, 1.807) is 0 Å². The lowest BCUT2D eigenvalue weighted by atomic mass is 10.0. The van der Waals surface area contributed by atoms with Gasteiger partial charge in [0.25, 0.3) is 0 Å². The Balaban J connectivity index is 4.11. The van der Waals surface area contributed by atoms with Crippen LogP contribution in [0.4, 0.5) is 0 Å². The number of esters is 2. The number of hydrogen-bond acceptors (Lipinski definition) is 8. The highest BCUT2D eigenvalue weighted by molar-refractivity contribution is 7.47. The highest BCUT2D eigenvalue weighted by Gasteiger charge is 2.26. The van der Waals surface area contributed by atoms with E-state index in [0.717, 1.165) is 70.6 Å². The van der Waals surface area contributed by atoms with E-state index >= 15 is 0 Å². The van der Waals surface area contributed by atoms with Crippen molar-refractivity contribution in [2.24, 2.45) is 5.73 Å². The minimum atomic E-state index is -4.38. The second kappa shape index (κ2) is 43.5. The Morgan fingerprint density at radius 3 is 1.44 bits per heavy atom. The summed E-state index contributed by atoms with van der Waals surface area (Å²) in [6.45, 7) is 3.63. The van der Waals surface area contributed by atoms with Crippen molar-refractivity contribution in [3.8, 4) is 0 Å². The van der Waals surface area contributed by atoms with E-state index in [9.17, 15) is 19.0 Å². The van der Waals surface area contributed by atoms with Crippen LogP contribution in [0.5, 0.6) is 0 Å². The maximum atomic E-state index is 12.6. The number of carbonyl (C=O) groups excluding carboxylic acids is 2. The van der Waals surface area contributed by atoms with Crippen molar-refractivity contribution in [2.45, 2.75) is 213 Å². The highest BCUT2D eigenvalue weighted by atomic mass is 31.2. The molecule has 0 aliphatic heterocycles. The van der Waals surface area contributed by atoms with Gasteiger partial charge in [0.1, 0.15) is 6.61 Å². The Kier molecular flexibility index (Phi) is 42.0. The van der Waals surface area contributed by atoms with Crippen LogP contribution in [-0.4, -0.2) is 49.3 Å². The van der Waals surface area contributed by atoms with Crippen molar-refractivity contribution in [2.75, 3.05) is 26.4 Å². The number of nitrogens with two attached hydrogens (primary N) is 1. The van der Waals surface area contributed by atoms with Crippen molar-refractivity contribution in [1.29, 1.82) is 0 Å². The number of phosphoric acid groups is 1. The zero-order valence-corrected chi connectivity index (χ0v) is 37.5. The third-order valence-electron chi connectivity index (χ3n) is 9.73. The van der Waals surface area contributed by atoms with Gasteiger partial charge >= 0.3 is 19.8 Å². The van der Waals surface area contributed by atoms with Crippen LogP contribution < -0.4 is 5.73 Å². The van der Waals surface area contributed by atoms with Gasteiger partial charge in [0, 0.05) is 19.4 Å². The Morgan fingerprint density at radius 2 is 0.965 bits per heavy atom. The first-order chi connectivity index (χ1) is 27.8. The SMILES string of the molecule is CCC=CCC=CCC=CCC=CCCCCCCCCCCC(=O)OC(COC(=O)CCCCCCCCCCCCCCCCC)COP(=O)(O)OCCN. The number of rotatable bonds is 43. The standard InChI is InChI=1S/C47H86NO8P/c1-3-5-7-9-11-13-15-17-19-20-21-22-23-24-26-28-30-32-34-36-38-40-47(50)56-45(44-55-57(51,52)54-42-41-48)43-53-46(49)39-37-35-33-31-29-27-25-18-16-14-12-10-8-6-4-2/h5,7,11,13,17,19,21-22,45H,3-4,6,8-10,12,14-16,18,20,23-44,48H2,1-2H3,(H,51,52). The van der Waals surface area contributed by atoms with Gasteiger partial charge in [-0.3, -0.25) is 18.6 Å². The van der Waals surface area contributed by atoms with Crippen molar-refractivity contribution >= 4 is 19.8 Å². The molecule has 0 heterocycles. The quantitative estimate of drug-likeness (QED) is 0.0267. The zero-order chi connectivity index (χ0) is 41.8. The van der Waals surface area contributed by atoms with Crippen LogP contribution in [0.15, 0.2) is 48.6 Å². The summed E-state index contributed by atoms with van der Waals surface area (Å²) in [6, 6.07) is 0. The summed E-state index contributed by atoms with van der Waals surface area (Å²) in [5.41, 5.74) is 5.35. The molecule has 332 valence electrons. The lowest BCUT2D eigenvalue weighted by molar-refractivity contribution is -0.161. The predicted molar refractivity (Wildman–Crippen MR) is 238 cm³/mol. The third kappa shape index (κ3) is 43.4. The summed E-state index contributed by atoms with van der Waals surface area (Å²) in [5.74, 6) is -0.833. The summed E-state index contributed by atoms with van der Waals surface area (Å²) in [4.78, 5) is 34.9. The molecule has 0 saturated carbocycles. The monoisotopic (exact) mass is 824 g/mol. The molecule has 9 nitrogen and oxygen atoms in total. The minimum absolute atomic E-state index is 0.0515. The van der Waals surface area contributed by atoms with Gasteiger partial charge in [-0.1, -0.05) is 191 Å². The first-order valence-corrected chi connectivity index (χ1v) is 24.6. The van der Waals surface area contributed by atoms with E-state index in [-0.39, 0.29) is 38.6 Å². The Bertz CT molecular complexity index is 1080. The number of unbranched alkanes of at least 4 members (excludes halogenated alkanes) is 22. The number of hydrogen-bond donors (Lipinski definition) is 2. The topological polar surface area (TPSA) is 134 Å². The van der Waals surface area contributed by atoms with E-state index in [4.69, 9.17) is 24.3 Å². The van der Waals surface area contributed by atoms with E-state index in [1.807, 2.05) is 0 Å². The maximum Gasteiger partial charge on any atom is 0.472 e. The summed E-state index contributed by atoms with van der Waals surface area (Å²) in [6.07, 6.45) is 49.9. The minimum Gasteiger partial charge on any atom is -0.462 e. The second-order valence-corrected chi connectivity index (χ2v) is 16.7. The van der Waals surface area contributed by atoms with Crippen molar-refractivity contribution in [3.05, 3.63) is 48.6 Å². The average molecular weight is 824 g/mol. The van der Waals surface area contributed by atoms with Crippen LogP contribution in [0.3, 0.4) is 0 Å². The van der Waals surface area contributed by atoms with Crippen LogP contribution in [0.1, 0.15) is 206 Å². The fourth-order valence-corrected chi connectivity index (χ4v) is 7.10. The van der Waals surface area contributed by atoms with E-state index in [0.29, 0.717) is 6.42 Å². The molecule has 10 heteroatoms. The number of carbonyl (C=O) groups is 2. The molecule has 0 spiro atoms. The van der Waals surface area contributed by atoms with Crippen molar-refractivity contribution < 1.29 is 37.6 Å². The van der Waals surface area contributed by atoms with Crippen LogP contribution in [0.2, 0.25) is 0 Å². The van der Waals surface area contributed by atoms with Gasteiger partial charge in [-0.15, -0.1) is 0 Å². The van der Waals surface area contributed by atoms with Crippen molar-refractivity contribution in [3.63, 3.8) is 0 Å². The molecule has 3 N–H and O–H groups in total. The molecule has 0 fully saturated rings. The summed E-state index contributed by atoms with van der Waals surface area (Å²) >= 11 is 0. The summed E-state index contributed by atoms with van der Waals surface area (Å²) in [7, 11) is -4.38. The molecular formula is C47H86NO8P. The lowest BCUT2D eigenvalue weighted by Gasteiger charge is -2.19. The third-order valence-corrected chi connectivity index (χ3v) is 10.7. The second-order valence-electron chi connectivity index (χ2n) is 15.2. The maximum absolute atomic E-state index is 12.6. The lowest BCUT2D eigenvalue weighted by Crippen LogP contribution is -2.29. The van der Waals surface area contributed by atoms with Crippen LogP contribution >= 0.6 is 7.82 Å². The first kappa shape index (κ1) is 55.0. The van der Waals surface area contributed by atoms with E-state index in [2.05, 4.69) is 62.5 Å². The van der Waals surface area contributed by atoms with Crippen LogP contribution in [0, 0.1) is 0 Å². The van der Waals surface area contributed by atoms with E-state index in [1.165, 1.54) is 103 Å². The Morgan fingerprint density at radius 1 is 0.544 bits per heavy atom. The Labute approximate surface area is 349 Å². The zero-order valence-electron chi connectivity index (χ0n) is 36.6. The van der Waals surface area contributed by atoms with Gasteiger partial charge in [0.15, 0.2) is 6.10 Å². The molecule has 0 bridgehead atoms. The smallest absolute Gasteiger partial charge is 0.462 e. The average Bonchev–Trinajstić information content (AvgIpc) is 3.20. The molecule has 2 unspecified atom stereocenters. The number of allylic oxidation sites excluding steroid dienone is 8. The van der Waals surface area contributed by atoms with Gasteiger partial charge in [-0.25, -0.2) is 4.57 Å². The molecule has 0 saturated heterocycles. The predicted octanol–water partition coefficient (Wildman–Crippen LogP) is 13.5. The van der Waals surface area contributed by atoms with E-state index < -0.39 is 26.5 Å². The molecule has 0 aromatic rings. The fourth-order valence-electron chi connectivity index (χ4n) is 6.33. The summed E-state index contributed by atoms with van der Waals surface area (Å²) < 4.78 is 32.8. The number of ether oxygens (including phenoxy) is 2. The van der Waals surface area contributed by atoms with Crippen molar-refractivity contribution in [1.82, 2.24) is 0 Å². The molecule has 0 aromatic heterocycles. The van der Waals surface area contributed by atoms with Crippen LogP contribution in [-0.2, 0) is 32.7 Å². The van der Waals surface area contributed by atoms with Crippen LogP contribution in [0.25, 0.3) is 0 Å². The van der Waals surface area contributed by atoms with Gasteiger partial charge in [0.2, 0.25) is 0 Å². The Hall–Kier alpha value is -2.03. The van der Waals surface area contributed by atoms with Gasteiger partial charge in [0.05, 0.1) is 13.2 Å². The largest absolute Gasteiger partial charge is 0.472 e. The molecule has 0 radical (unpaired) electrons. The molecular weight excluding hydrogens is 737 g/mol. The molecule has 0 rings (SSSR count). The fraction of sp³-hybridized carbons (Fsp3) is 0.787. The normalized spacial score (nSPS) is 13.7. The molecule has 0 amide bonds. The van der Waals surface area contributed by atoms with Gasteiger partial charge in [-0.05, 0) is 51.4 Å². The van der Waals surface area contributed by atoms with Gasteiger partial charge < -0.3 is 20.1 Å². The highest BCUT2D eigenvalue weighted by Crippen LogP contribution is 2.43. The summed E-state index contributed by atoms with van der Waals surface area (Å²) in [5, 5.41) is 0. The first-order valence-electron chi connectivity index (χ1n) is 23.1. The molecule has 0 aliphatic rings. The van der Waals surface area contributed by atoms with Gasteiger partial charge in [-0.2, -0.15) is 0 Å². The molecule has 2 atom stereocenters.